The number of hydrogen-bond acceptors (Lipinski definition) is 3. The molecule has 0 bridgehead atoms. The van der Waals surface area contributed by atoms with Gasteiger partial charge in [-0.15, -0.1) is 0 Å². The van der Waals surface area contributed by atoms with E-state index in [4.69, 9.17) is 5.11 Å². The largest absolute Gasteiger partial charge is 0.481 e. The molecule has 0 fully saturated rings. The predicted octanol–water partition coefficient (Wildman–Crippen LogP) is 1.78. The molecule has 5 heteroatoms. The molecule has 0 saturated heterocycles. The number of nitrogens with zero attached hydrogens (tertiary/aromatic N) is 2. The predicted molar refractivity (Wildman–Crippen MR) is 63.8 cm³/mol. The molecule has 0 amide bonds. The normalized spacial score (nSPS) is 11.2. The summed E-state index contributed by atoms with van der Waals surface area (Å²) in [6.07, 6.45) is 4.04. The second-order valence-corrected chi connectivity index (χ2v) is 4.53. The number of aromatic amines is 1. The number of rotatable bonds is 4. The van der Waals surface area contributed by atoms with E-state index < -0.39 is 5.97 Å². The minimum Gasteiger partial charge on any atom is -0.481 e. The van der Waals surface area contributed by atoms with Crippen molar-refractivity contribution in [3.05, 3.63) is 23.8 Å². The molecule has 0 aromatic carbocycles. The van der Waals surface area contributed by atoms with E-state index >= 15 is 0 Å². The topological polar surface area (TPSA) is 78.9 Å². The molecule has 0 spiro atoms. The number of hydrogen-bond donors (Lipinski definition) is 2. The van der Waals surface area contributed by atoms with E-state index in [2.05, 4.69) is 28.8 Å². The van der Waals surface area contributed by atoms with Gasteiger partial charge in [0.1, 0.15) is 12.0 Å². The van der Waals surface area contributed by atoms with Gasteiger partial charge in [0.05, 0.1) is 12.1 Å². The molecular weight excluding hydrogens is 218 g/mol. The maximum atomic E-state index is 10.8. The summed E-state index contributed by atoms with van der Waals surface area (Å²) in [5, 5.41) is 9.73. The molecule has 17 heavy (non-hydrogen) atoms. The van der Waals surface area contributed by atoms with Crippen molar-refractivity contribution in [1.29, 1.82) is 0 Å². The van der Waals surface area contributed by atoms with Gasteiger partial charge in [-0.25, -0.2) is 9.97 Å². The molecule has 0 saturated carbocycles. The van der Waals surface area contributed by atoms with Gasteiger partial charge in [-0.2, -0.15) is 0 Å². The lowest BCUT2D eigenvalue weighted by Gasteiger charge is -2.06. The first-order valence-corrected chi connectivity index (χ1v) is 5.59. The second kappa shape index (κ2) is 4.53. The number of aliphatic carboxylic acids is 1. The Labute approximate surface area is 98.9 Å². The Bertz CT molecular complexity index is 546. The van der Waals surface area contributed by atoms with Crippen LogP contribution in [0.4, 0.5) is 0 Å². The van der Waals surface area contributed by atoms with Crippen molar-refractivity contribution in [1.82, 2.24) is 15.0 Å². The second-order valence-electron chi connectivity index (χ2n) is 4.53. The zero-order chi connectivity index (χ0) is 12.4. The van der Waals surface area contributed by atoms with E-state index in [0.717, 1.165) is 23.1 Å². The Hall–Kier alpha value is -1.91. The lowest BCUT2D eigenvalue weighted by molar-refractivity contribution is -0.136. The lowest BCUT2D eigenvalue weighted by atomic mass is 10.0. The number of carboxylic acids is 1. The first kappa shape index (κ1) is 11.6. The molecule has 0 unspecified atom stereocenters. The van der Waals surface area contributed by atoms with Crippen LogP contribution in [0.1, 0.15) is 25.1 Å². The third-order valence-electron chi connectivity index (χ3n) is 2.57. The molecule has 2 N–H and O–H groups in total. The molecule has 90 valence electrons. The number of carboxylic acid groups (broad SMARTS) is 1. The molecule has 2 rings (SSSR count). The molecule has 2 heterocycles. The van der Waals surface area contributed by atoms with Crippen molar-refractivity contribution in [2.45, 2.75) is 26.7 Å². The molecule has 2 aromatic heterocycles. The summed E-state index contributed by atoms with van der Waals surface area (Å²) < 4.78 is 0. The van der Waals surface area contributed by atoms with Crippen LogP contribution in [0.2, 0.25) is 0 Å². The van der Waals surface area contributed by atoms with E-state index in [-0.39, 0.29) is 6.42 Å². The fourth-order valence-electron chi connectivity index (χ4n) is 1.94. The van der Waals surface area contributed by atoms with Crippen molar-refractivity contribution < 1.29 is 9.90 Å². The van der Waals surface area contributed by atoms with Gasteiger partial charge in [-0.1, -0.05) is 13.8 Å². The maximum absolute atomic E-state index is 10.8. The van der Waals surface area contributed by atoms with Crippen LogP contribution in [0.5, 0.6) is 0 Å². The van der Waals surface area contributed by atoms with Gasteiger partial charge in [0.25, 0.3) is 0 Å². The van der Waals surface area contributed by atoms with Gasteiger partial charge in [0, 0.05) is 11.6 Å². The average molecular weight is 233 g/mol. The quantitative estimate of drug-likeness (QED) is 0.843. The molecule has 5 nitrogen and oxygen atoms in total. The minimum absolute atomic E-state index is 0.00152. The highest BCUT2D eigenvalue weighted by atomic mass is 16.4. The maximum Gasteiger partial charge on any atom is 0.307 e. The van der Waals surface area contributed by atoms with Crippen LogP contribution in [0.25, 0.3) is 11.0 Å². The number of aromatic nitrogens is 3. The Balaban J connectivity index is 2.51. The van der Waals surface area contributed by atoms with Gasteiger partial charge >= 0.3 is 5.97 Å². The van der Waals surface area contributed by atoms with Crippen LogP contribution < -0.4 is 0 Å². The van der Waals surface area contributed by atoms with E-state index in [0.29, 0.717) is 11.6 Å². The first-order chi connectivity index (χ1) is 8.08. The van der Waals surface area contributed by atoms with Gasteiger partial charge < -0.3 is 10.1 Å². The summed E-state index contributed by atoms with van der Waals surface area (Å²) in [5.74, 6) is -0.370. The highest BCUT2D eigenvalue weighted by molar-refractivity contribution is 5.86. The van der Waals surface area contributed by atoms with Gasteiger partial charge in [-0.3, -0.25) is 4.79 Å². The van der Waals surface area contributed by atoms with E-state index in [1.165, 1.54) is 6.33 Å². The fourth-order valence-corrected chi connectivity index (χ4v) is 1.94. The van der Waals surface area contributed by atoms with Gasteiger partial charge in [0.2, 0.25) is 0 Å². The lowest BCUT2D eigenvalue weighted by Crippen LogP contribution is -2.03. The van der Waals surface area contributed by atoms with Crippen molar-refractivity contribution >= 4 is 17.0 Å². The SMILES string of the molecule is CC(C)Cc1ncnc2[nH]cc(CC(=O)O)c12. The van der Waals surface area contributed by atoms with Crippen LogP contribution in [0.15, 0.2) is 12.5 Å². The average Bonchev–Trinajstić information content (AvgIpc) is 2.61. The monoisotopic (exact) mass is 233 g/mol. The number of H-pyrrole nitrogens is 1. The molecule has 0 aliphatic heterocycles. The van der Waals surface area contributed by atoms with E-state index in [1.54, 1.807) is 6.20 Å². The van der Waals surface area contributed by atoms with Crippen molar-refractivity contribution in [2.24, 2.45) is 5.92 Å². The zero-order valence-corrected chi connectivity index (χ0v) is 9.90. The van der Waals surface area contributed by atoms with Crippen molar-refractivity contribution in [2.75, 3.05) is 0 Å². The van der Waals surface area contributed by atoms with Crippen LogP contribution in [0.3, 0.4) is 0 Å². The zero-order valence-electron chi connectivity index (χ0n) is 9.90. The smallest absolute Gasteiger partial charge is 0.307 e. The Kier molecular flexibility index (Phi) is 3.08. The first-order valence-electron chi connectivity index (χ1n) is 5.59. The standard InChI is InChI=1S/C12H15N3O2/c1-7(2)3-9-11-8(4-10(16)17)5-13-12(11)15-6-14-9/h5-7H,3-4H2,1-2H3,(H,16,17)(H,13,14,15). The van der Waals surface area contributed by atoms with Crippen LogP contribution in [-0.4, -0.2) is 26.0 Å². The Morgan fingerprint density at radius 2 is 2.24 bits per heavy atom. The molecule has 0 aliphatic rings. The highest BCUT2D eigenvalue weighted by Crippen LogP contribution is 2.21. The third-order valence-corrected chi connectivity index (χ3v) is 2.57. The fraction of sp³-hybridized carbons (Fsp3) is 0.417. The third kappa shape index (κ3) is 2.43. The summed E-state index contributed by atoms with van der Waals surface area (Å²) in [4.78, 5) is 22.2. The molecule has 0 radical (unpaired) electrons. The van der Waals surface area contributed by atoms with E-state index in [1.807, 2.05) is 0 Å². The summed E-state index contributed by atoms with van der Waals surface area (Å²) in [5.41, 5.74) is 2.39. The Morgan fingerprint density at radius 1 is 1.47 bits per heavy atom. The van der Waals surface area contributed by atoms with Crippen molar-refractivity contribution in [3.8, 4) is 0 Å². The molecule has 2 aromatic rings. The summed E-state index contributed by atoms with van der Waals surface area (Å²) in [6.45, 7) is 4.22. The number of fused-ring (bicyclic) bond motifs is 1. The van der Waals surface area contributed by atoms with Crippen LogP contribution in [0, 0.1) is 5.92 Å². The summed E-state index contributed by atoms with van der Waals surface area (Å²) >= 11 is 0. The number of nitrogens with one attached hydrogen (secondary N) is 1. The van der Waals surface area contributed by atoms with Crippen LogP contribution in [-0.2, 0) is 17.6 Å². The Morgan fingerprint density at radius 3 is 2.88 bits per heavy atom. The van der Waals surface area contributed by atoms with Gasteiger partial charge in [0.15, 0.2) is 0 Å². The number of carbonyl (C=O) groups is 1. The van der Waals surface area contributed by atoms with Crippen molar-refractivity contribution in [3.63, 3.8) is 0 Å². The summed E-state index contributed by atoms with van der Waals surface area (Å²) in [6, 6.07) is 0. The van der Waals surface area contributed by atoms with Crippen LogP contribution >= 0.6 is 0 Å². The molecule has 0 atom stereocenters. The van der Waals surface area contributed by atoms with E-state index in [9.17, 15) is 4.79 Å². The molecule has 0 aliphatic carbocycles. The summed E-state index contributed by atoms with van der Waals surface area (Å²) in [7, 11) is 0. The minimum atomic E-state index is -0.842. The molecular formula is C12H15N3O2. The highest BCUT2D eigenvalue weighted by Gasteiger charge is 2.13. The van der Waals surface area contributed by atoms with Gasteiger partial charge in [-0.05, 0) is 17.9 Å².